The van der Waals surface area contributed by atoms with Crippen molar-refractivity contribution in [3.05, 3.63) is 48.2 Å². The molecule has 104 valence electrons. The average Bonchev–Trinajstić information content (AvgIpc) is 2.41. The second-order valence-electron chi connectivity index (χ2n) is 4.41. The highest BCUT2D eigenvalue weighted by Crippen LogP contribution is 2.17. The van der Waals surface area contributed by atoms with Crippen LogP contribution in [0.2, 0.25) is 0 Å². The molecule has 0 spiro atoms. The Hall–Kier alpha value is -2.14. The van der Waals surface area contributed by atoms with Crippen LogP contribution in [0.1, 0.15) is 12.5 Å². The van der Waals surface area contributed by atoms with E-state index < -0.39 is 0 Å². The molecular formula is C15H18N4S. The molecule has 0 aliphatic carbocycles. The Kier molecular flexibility index (Phi) is 4.90. The minimum absolute atomic E-state index is 0.605. The molecule has 0 unspecified atom stereocenters. The van der Waals surface area contributed by atoms with Crippen LogP contribution in [0.15, 0.2) is 42.6 Å². The molecule has 0 saturated carbocycles. The zero-order valence-electron chi connectivity index (χ0n) is 11.6. The van der Waals surface area contributed by atoms with Gasteiger partial charge in [-0.1, -0.05) is 12.1 Å². The largest absolute Gasteiger partial charge is 0.363 e. The summed E-state index contributed by atoms with van der Waals surface area (Å²) >= 11 is 5.12. The van der Waals surface area contributed by atoms with Gasteiger partial charge in [-0.2, -0.15) is 0 Å². The maximum Gasteiger partial charge on any atom is 0.170 e. The first kappa shape index (κ1) is 14.3. The van der Waals surface area contributed by atoms with Crippen molar-refractivity contribution in [2.75, 3.05) is 17.2 Å². The fourth-order valence-electron chi connectivity index (χ4n) is 1.75. The van der Waals surface area contributed by atoms with Crippen molar-refractivity contribution in [1.82, 2.24) is 10.3 Å². The van der Waals surface area contributed by atoms with Gasteiger partial charge in [-0.3, -0.25) is 0 Å². The molecule has 1 aromatic carbocycles. The lowest BCUT2D eigenvalue weighted by molar-refractivity contribution is 0.979. The number of pyridine rings is 1. The topological polar surface area (TPSA) is 49.0 Å². The lowest BCUT2D eigenvalue weighted by Crippen LogP contribution is -2.27. The summed E-state index contributed by atoms with van der Waals surface area (Å²) in [4.78, 5) is 4.36. The van der Waals surface area contributed by atoms with Gasteiger partial charge >= 0.3 is 0 Å². The van der Waals surface area contributed by atoms with E-state index in [-0.39, 0.29) is 0 Å². The molecule has 2 rings (SSSR count). The molecule has 0 bridgehead atoms. The number of hydrogen-bond acceptors (Lipinski definition) is 3. The fraction of sp³-hybridized carbons (Fsp3) is 0.200. The molecule has 20 heavy (non-hydrogen) atoms. The van der Waals surface area contributed by atoms with Crippen LogP contribution in [-0.2, 0) is 0 Å². The summed E-state index contributed by atoms with van der Waals surface area (Å²) in [6.07, 6.45) is 1.75. The summed E-state index contributed by atoms with van der Waals surface area (Å²) in [5.74, 6) is 0.801. The van der Waals surface area contributed by atoms with Crippen molar-refractivity contribution < 1.29 is 0 Å². The van der Waals surface area contributed by atoms with E-state index in [1.165, 1.54) is 5.56 Å². The Labute approximate surface area is 124 Å². The molecule has 0 atom stereocenters. The third-order valence-electron chi connectivity index (χ3n) is 2.65. The van der Waals surface area contributed by atoms with Crippen LogP contribution in [0, 0.1) is 6.92 Å². The normalized spacial score (nSPS) is 9.90. The van der Waals surface area contributed by atoms with Crippen molar-refractivity contribution in [2.24, 2.45) is 0 Å². The van der Waals surface area contributed by atoms with Crippen molar-refractivity contribution in [2.45, 2.75) is 13.8 Å². The van der Waals surface area contributed by atoms with E-state index >= 15 is 0 Å². The van der Waals surface area contributed by atoms with E-state index in [0.717, 1.165) is 23.7 Å². The zero-order valence-corrected chi connectivity index (χ0v) is 12.4. The molecule has 3 N–H and O–H groups in total. The van der Waals surface area contributed by atoms with Crippen molar-refractivity contribution in [1.29, 1.82) is 0 Å². The monoisotopic (exact) mass is 286 g/mol. The smallest absolute Gasteiger partial charge is 0.170 e. The lowest BCUT2D eigenvalue weighted by atomic mass is 10.2. The van der Waals surface area contributed by atoms with Crippen molar-refractivity contribution in [3.8, 4) is 0 Å². The van der Waals surface area contributed by atoms with Crippen LogP contribution >= 0.6 is 12.2 Å². The Morgan fingerprint density at radius 3 is 2.70 bits per heavy atom. The van der Waals surface area contributed by atoms with E-state index in [2.05, 4.69) is 40.0 Å². The van der Waals surface area contributed by atoms with E-state index in [4.69, 9.17) is 12.2 Å². The molecule has 1 heterocycles. The Balaban J connectivity index is 1.99. The predicted molar refractivity (Wildman–Crippen MR) is 88.6 cm³/mol. The fourth-order valence-corrected chi connectivity index (χ4v) is 2.01. The SMILES string of the molecule is CCNC(=S)Nc1ccc(Nc2cccc(C)c2)nc1. The summed E-state index contributed by atoms with van der Waals surface area (Å²) in [6, 6.07) is 12.0. The number of anilines is 3. The number of hydrogen-bond donors (Lipinski definition) is 3. The van der Waals surface area contributed by atoms with Crippen LogP contribution in [0.25, 0.3) is 0 Å². The van der Waals surface area contributed by atoms with Gasteiger partial charge in [-0.15, -0.1) is 0 Å². The molecule has 1 aromatic heterocycles. The molecule has 0 amide bonds. The molecule has 2 aromatic rings. The molecular weight excluding hydrogens is 268 g/mol. The number of aromatic nitrogens is 1. The Morgan fingerprint density at radius 1 is 1.20 bits per heavy atom. The molecule has 0 fully saturated rings. The first-order valence-electron chi connectivity index (χ1n) is 6.52. The third-order valence-corrected chi connectivity index (χ3v) is 2.90. The van der Waals surface area contributed by atoms with Gasteiger partial charge in [-0.05, 0) is 55.9 Å². The average molecular weight is 286 g/mol. The van der Waals surface area contributed by atoms with Gasteiger partial charge in [0, 0.05) is 12.2 Å². The van der Waals surface area contributed by atoms with E-state index in [1.54, 1.807) is 6.20 Å². The maximum atomic E-state index is 5.12. The molecule has 0 aliphatic rings. The Morgan fingerprint density at radius 2 is 2.05 bits per heavy atom. The lowest BCUT2D eigenvalue weighted by Gasteiger charge is -2.10. The van der Waals surface area contributed by atoms with Gasteiger partial charge in [0.1, 0.15) is 5.82 Å². The second-order valence-corrected chi connectivity index (χ2v) is 4.82. The number of rotatable bonds is 4. The molecule has 0 aliphatic heterocycles. The van der Waals surface area contributed by atoms with Crippen LogP contribution < -0.4 is 16.0 Å². The number of benzene rings is 1. The van der Waals surface area contributed by atoms with Crippen LogP contribution in [0.5, 0.6) is 0 Å². The first-order valence-corrected chi connectivity index (χ1v) is 6.93. The van der Waals surface area contributed by atoms with Crippen molar-refractivity contribution in [3.63, 3.8) is 0 Å². The minimum atomic E-state index is 0.605. The minimum Gasteiger partial charge on any atom is -0.363 e. The van der Waals surface area contributed by atoms with Gasteiger partial charge in [0.05, 0.1) is 11.9 Å². The van der Waals surface area contributed by atoms with Gasteiger partial charge in [-0.25, -0.2) is 4.98 Å². The van der Waals surface area contributed by atoms with Gasteiger partial charge in [0.2, 0.25) is 0 Å². The number of thiocarbonyl (C=S) groups is 1. The van der Waals surface area contributed by atoms with E-state index in [1.807, 2.05) is 31.2 Å². The Bertz CT molecular complexity index is 581. The summed E-state index contributed by atoms with van der Waals surface area (Å²) in [5.41, 5.74) is 3.11. The maximum absolute atomic E-state index is 5.12. The van der Waals surface area contributed by atoms with Crippen LogP contribution in [0.3, 0.4) is 0 Å². The standard InChI is InChI=1S/C15H18N4S/c1-3-16-15(20)19-13-7-8-14(17-10-13)18-12-6-4-5-11(2)9-12/h4-10H,3H2,1-2H3,(H,17,18)(H2,16,19,20). The second kappa shape index (κ2) is 6.86. The summed E-state index contributed by atoms with van der Waals surface area (Å²) < 4.78 is 0. The van der Waals surface area contributed by atoms with E-state index in [0.29, 0.717) is 5.11 Å². The van der Waals surface area contributed by atoms with Crippen molar-refractivity contribution >= 4 is 34.5 Å². The van der Waals surface area contributed by atoms with Crippen LogP contribution in [0.4, 0.5) is 17.2 Å². The number of nitrogens with zero attached hydrogens (tertiary/aromatic N) is 1. The molecule has 0 radical (unpaired) electrons. The predicted octanol–water partition coefficient (Wildman–Crippen LogP) is 3.44. The first-order chi connectivity index (χ1) is 9.67. The highest BCUT2D eigenvalue weighted by Gasteiger charge is 1.99. The quantitative estimate of drug-likeness (QED) is 0.752. The molecule has 4 nitrogen and oxygen atoms in total. The summed E-state index contributed by atoms with van der Waals surface area (Å²) in [6.45, 7) is 4.86. The highest BCUT2D eigenvalue weighted by atomic mass is 32.1. The van der Waals surface area contributed by atoms with Gasteiger partial charge in [0.15, 0.2) is 5.11 Å². The number of aryl methyl sites for hydroxylation is 1. The van der Waals surface area contributed by atoms with E-state index in [9.17, 15) is 0 Å². The zero-order chi connectivity index (χ0) is 14.4. The van der Waals surface area contributed by atoms with Crippen LogP contribution in [-0.4, -0.2) is 16.6 Å². The summed E-state index contributed by atoms with van der Waals surface area (Å²) in [5, 5.41) is 9.97. The summed E-state index contributed by atoms with van der Waals surface area (Å²) in [7, 11) is 0. The highest BCUT2D eigenvalue weighted by molar-refractivity contribution is 7.80. The number of nitrogens with one attached hydrogen (secondary N) is 3. The molecule has 5 heteroatoms. The van der Waals surface area contributed by atoms with Gasteiger partial charge < -0.3 is 16.0 Å². The van der Waals surface area contributed by atoms with Gasteiger partial charge in [0.25, 0.3) is 0 Å². The molecule has 0 saturated heterocycles. The third kappa shape index (κ3) is 4.20.